The van der Waals surface area contributed by atoms with Gasteiger partial charge in [-0.15, -0.1) is 0 Å². The average molecular weight is 219 g/mol. The molecule has 1 rings (SSSR count). The van der Waals surface area contributed by atoms with E-state index in [-0.39, 0.29) is 6.04 Å². The molecule has 0 bridgehead atoms. The van der Waals surface area contributed by atoms with Crippen LogP contribution < -0.4 is 5.73 Å². The minimum Gasteiger partial charge on any atom is -0.375 e. The van der Waals surface area contributed by atoms with Gasteiger partial charge in [0, 0.05) is 12.6 Å². The maximum atomic E-state index is 11.7. The third-order valence-electron chi connectivity index (χ3n) is 2.62. The summed E-state index contributed by atoms with van der Waals surface area (Å²) in [6.07, 6.45) is 5.02. The Labute approximate surface area is 89.5 Å². The summed E-state index contributed by atoms with van der Waals surface area (Å²) in [7, 11) is 0. The SMILES string of the molecule is NC(CCOCC(F)F)C1=CCCCC1. The lowest BCUT2D eigenvalue weighted by Gasteiger charge is -2.19. The van der Waals surface area contributed by atoms with E-state index in [1.54, 1.807) is 0 Å². The molecule has 4 heteroatoms. The van der Waals surface area contributed by atoms with Crippen LogP contribution in [0.4, 0.5) is 8.78 Å². The summed E-state index contributed by atoms with van der Waals surface area (Å²) in [6.45, 7) is -0.158. The van der Waals surface area contributed by atoms with E-state index >= 15 is 0 Å². The first-order valence-electron chi connectivity index (χ1n) is 5.50. The quantitative estimate of drug-likeness (QED) is 0.550. The third kappa shape index (κ3) is 5.23. The number of nitrogens with two attached hydrogens (primary N) is 1. The van der Waals surface area contributed by atoms with E-state index in [1.807, 2.05) is 0 Å². The molecule has 0 saturated carbocycles. The van der Waals surface area contributed by atoms with Gasteiger partial charge in [-0.1, -0.05) is 11.6 Å². The molecule has 0 aromatic carbocycles. The third-order valence-corrected chi connectivity index (χ3v) is 2.62. The van der Waals surface area contributed by atoms with Crippen LogP contribution in [0.1, 0.15) is 32.1 Å². The second-order valence-corrected chi connectivity index (χ2v) is 3.89. The van der Waals surface area contributed by atoms with Gasteiger partial charge >= 0.3 is 0 Å². The number of allylic oxidation sites excluding steroid dienone is 1. The van der Waals surface area contributed by atoms with E-state index in [0.29, 0.717) is 13.0 Å². The van der Waals surface area contributed by atoms with Gasteiger partial charge in [0.15, 0.2) is 0 Å². The molecule has 1 atom stereocenters. The lowest BCUT2D eigenvalue weighted by Crippen LogP contribution is -2.26. The van der Waals surface area contributed by atoms with E-state index in [2.05, 4.69) is 6.08 Å². The fourth-order valence-electron chi connectivity index (χ4n) is 1.77. The monoisotopic (exact) mass is 219 g/mol. The molecule has 0 heterocycles. The summed E-state index contributed by atoms with van der Waals surface area (Å²) in [4.78, 5) is 0. The van der Waals surface area contributed by atoms with Crippen molar-refractivity contribution in [1.82, 2.24) is 0 Å². The standard InChI is InChI=1S/C11H19F2NO/c12-11(13)8-15-7-6-10(14)9-4-2-1-3-5-9/h4,10-11H,1-3,5-8,14H2. The molecular formula is C11H19F2NO. The molecule has 1 aliphatic carbocycles. The van der Waals surface area contributed by atoms with Gasteiger partial charge in [-0.05, 0) is 32.1 Å². The zero-order chi connectivity index (χ0) is 11.1. The zero-order valence-corrected chi connectivity index (χ0v) is 8.92. The predicted octanol–water partition coefficient (Wildman–Crippen LogP) is 2.49. The van der Waals surface area contributed by atoms with Gasteiger partial charge < -0.3 is 10.5 Å². The van der Waals surface area contributed by atoms with Crippen molar-refractivity contribution < 1.29 is 13.5 Å². The van der Waals surface area contributed by atoms with E-state index < -0.39 is 13.0 Å². The molecule has 0 fully saturated rings. The van der Waals surface area contributed by atoms with Crippen LogP contribution in [0.2, 0.25) is 0 Å². The van der Waals surface area contributed by atoms with Crippen molar-refractivity contribution in [1.29, 1.82) is 0 Å². The van der Waals surface area contributed by atoms with Crippen molar-refractivity contribution in [2.45, 2.75) is 44.6 Å². The molecule has 15 heavy (non-hydrogen) atoms. The largest absolute Gasteiger partial charge is 0.375 e. The smallest absolute Gasteiger partial charge is 0.261 e. The molecule has 0 aromatic rings. The van der Waals surface area contributed by atoms with Crippen LogP contribution in [-0.4, -0.2) is 25.7 Å². The lowest BCUT2D eigenvalue weighted by atomic mass is 9.93. The van der Waals surface area contributed by atoms with Gasteiger partial charge in [0.1, 0.15) is 6.61 Å². The normalized spacial score (nSPS) is 19.1. The van der Waals surface area contributed by atoms with Crippen molar-refractivity contribution in [3.05, 3.63) is 11.6 Å². The molecular weight excluding hydrogens is 200 g/mol. The van der Waals surface area contributed by atoms with Crippen molar-refractivity contribution in [2.75, 3.05) is 13.2 Å². The highest BCUT2D eigenvalue weighted by atomic mass is 19.3. The van der Waals surface area contributed by atoms with Crippen molar-refractivity contribution in [2.24, 2.45) is 5.73 Å². The van der Waals surface area contributed by atoms with Crippen molar-refractivity contribution >= 4 is 0 Å². The van der Waals surface area contributed by atoms with E-state index in [4.69, 9.17) is 10.5 Å². The second kappa shape index (κ2) is 6.90. The highest BCUT2D eigenvalue weighted by molar-refractivity contribution is 5.12. The first-order chi connectivity index (χ1) is 7.20. The molecule has 0 aliphatic heterocycles. The maximum absolute atomic E-state index is 11.7. The molecule has 0 aromatic heterocycles. The fraction of sp³-hybridized carbons (Fsp3) is 0.818. The Kier molecular flexibility index (Phi) is 5.79. The highest BCUT2D eigenvalue weighted by Crippen LogP contribution is 2.20. The molecule has 0 saturated heterocycles. The number of hydrogen-bond donors (Lipinski definition) is 1. The molecule has 1 aliphatic rings. The summed E-state index contributed by atoms with van der Waals surface area (Å²) in [5.41, 5.74) is 7.20. The van der Waals surface area contributed by atoms with Crippen molar-refractivity contribution in [3.8, 4) is 0 Å². The second-order valence-electron chi connectivity index (χ2n) is 3.89. The van der Waals surface area contributed by atoms with Crippen LogP contribution in [-0.2, 0) is 4.74 Å². The topological polar surface area (TPSA) is 35.2 Å². The van der Waals surface area contributed by atoms with Crippen LogP contribution in [0.15, 0.2) is 11.6 Å². The Morgan fingerprint density at radius 2 is 2.20 bits per heavy atom. The van der Waals surface area contributed by atoms with Gasteiger partial charge in [-0.25, -0.2) is 8.78 Å². The minimum absolute atomic E-state index is 0.0111. The van der Waals surface area contributed by atoms with Gasteiger partial charge in [0.05, 0.1) is 0 Å². The number of halogens is 2. The number of alkyl halides is 2. The Morgan fingerprint density at radius 3 is 2.80 bits per heavy atom. The van der Waals surface area contributed by atoms with Crippen LogP contribution >= 0.6 is 0 Å². The molecule has 1 unspecified atom stereocenters. The number of rotatable bonds is 6. The predicted molar refractivity (Wildman–Crippen MR) is 56.0 cm³/mol. The summed E-state index contributed by atoms with van der Waals surface area (Å²) in [5.74, 6) is 0. The van der Waals surface area contributed by atoms with Crippen LogP contribution in [0, 0.1) is 0 Å². The van der Waals surface area contributed by atoms with Gasteiger partial charge in [-0.2, -0.15) is 0 Å². The summed E-state index contributed by atoms with van der Waals surface area (Å²) in [6, 6.07) is -0.0111. The fourth-order valence-corrected chi connectivity index (χ4v) is 1.77. The Hall–Kier alpha value is -0.480. The average Bonchev–Trinajstić information content (AvgIpc) is 2.25. The van der Waals surface area contributed by atoms with Gasteiger partial charge in [-0.3, -0.25) is 0 Å². The lowest BCUT2D eigenvalue weighted by molar-refractivity contribution is 0.0158. The van der Waals surface area contributed by atoms with Crippen LogP contribution in [0.3, 0.4) is 0 Å². The molecule has 2 nitrogen and oxygen atoms in total. The molecule has 2 N–H and O–H groups in total. The molecule has 88 valence electrons. The van der Waals surface area contributed by atoms with Crippen LogP contribution in [0.5, 0.6) is 0 Å². The first-order valence-corrected chi connectivity index (χ1v) is 5.50. The van der Waals surface area contributed by atoms with Crippen molar-refractivity contribution in [3.63, 3.8) is 0 Å². The molecule has 0 amide bonds. The molecule has 0 spiro atoms. The number of hydrogen-bond acceptors (Lipinski definition) is 2. The summed E-state index contributed by atoms with van der Waals surface area (Å²) in [5, 5.41) is 0. The first kappa shape index (κ1) is 12.6. The Bertz CT molecular complexity index is 207. The Balaban J connectivity index is 2.12. The minimum atomic E-state index is -2.38. The maximum Gasteiger partial charge on any atom is 0.261 e. The van der Waals surface area contributed by atoms with Gasteiger partial charge in [0.2, 0.25) is 0 Å². The summed E-state index contributed by atoms with van der Waals surface area (Å²) >= 11 is 0. The van der Waals surface area contributed by atoms with E-state index in [0.717, 1.165) is 12.8 Å². The number of ether oxygens (including phenoxy) is 1. The molecule has 0 radical (unpaired) electrons. The zero-order valence-electron chi connectivity index (χ0n) is 8.92. The summed E-state index contributed by atoms with van der Waals surface area (Å²) < 4.78 is 28.3. The van der Waals surface area contributed by atoms with Gasteiger partial charge in [0.25, 0.3) is 6.43 Å². The van der Waals surface area contributed by atoms with E-state index in [9.17, 15) is 8.78 Å². The Morgan fingerprint density at radius 1 is 1.40 bits per heavy atom. The van der Waals surface area contributed by atoms with E-state index in [1.165, 1.54) is 18.4 Å². The highest BCUT2D eigenvalue weighted by Gasteiger charge is 2.12. The van der Waals surface area contributed by atoms with Crippen LogP contribution in [0.25, 0.3) is 0 Å².